The molecule has 2 unspecified atom stereocenters. The number of nitrogens with zero attached hydrogens (tertiary/aromatic N) is 1. The fourth-order valence-corrected chi connectivity index (χ4v) is 2.01. The van der Waals surface area contributed by atoms with Crippen LogP contribution in [0.25, 0.3) is 0 Å². The molecule has 0 aromatic carbocycles. The molecule has 1 amide bonds. The van der Waals surface area contributed by atoms with E-state index in [2.05, 4.69) is 33.0 Å². The molecular weight excluding hydrogens is 176 g/mol. The van der Waals surface area contributed by atoms with Gasteiger partial charge in [0.25, 0.3) is 0 Å². The van der Waals surface area contributed by atoms with E-state index in [1.807, 2.05) is 4.90 Å². The summed E-state index contributed by atoms with van der Waals surface area (Å²) in [5.41, 5.74) is 0. The van der Waals surface area contributed by atoms with Gasteiger partial charge in [0.2, 0.25) is 5.91 Å². The second kappa shape index (κ2) is 4.78. The molecule has 0 aromatic rings. The van der Waals surface area contributed by atoms with Gasteiger partial charge in [-0.15, -0.1) is 0 Å². The molecule has 1 aliphatic rings. The minimum atomic E-state index is 0.0364. The van der Waals surface area contributed by atoms with E-state index in [4.69, 9.17) is 0 Å². The quantitative estimate of drug-likeness (QED) is 0.744. The summed E-state index contributed by atoms with van der Waals surface area (Å²) >= 11 is 0. The van der Waals surface area contributed by atoms with Crippen LogP contribution in [0.4, 0.5) is 0 Å². The zero-order valence-corrected chi connectivity index (χ0v) is 9.71. The summed E-state index contributed by atoms with van der Waals surface area (Å²) in [6.45, 7) is 9.19. The summed E-state index contributed by atoms with van der Waals surface area (Å²) in [6, 6.07) is 0.415. The van der Waals surface area contributed by atoms with Crippen LogP contribution in [0.2, 0.25) is 0 Å². The molecule has 14 heavy (non-hydrogen) atoms. The molecule has 1 rings (SSSR count). The zero-order valence-electron chi connectivity index (χ0n) is 9.71. The van der Waals surface area contributed by atoms with Crippen molar-refractivity contribution in [2.24, 2.45) is 5.92 Å². The van der Waals surface area contributed by atoms with Gasteiger partial charge in [-0.2, -0.15) is 0 Å². The fraction of sp³-hybridized carbons (Fsp3) is 0.909. The molecule has 3 nitrogen and oxygen atoms in total. The van der Waals surface area contributed by atoms with Gasteiger partial charge in [0.15, 0.2) is 0 Å². The smallest absolute Gasteiger partial charge is 0.241 e. The average Bonchev–Trinajstić information content (AvgIpc) is 2.47. The maximum absolute atomic E-state index is 11.9. The molecule has 0 saturated carbocycles. The average molecular weight is 198 g/mol. The van der Waals surface area contributed by atoms with Crippen LogP contribution in [0.1, 0.15) is 40.5 Å². The molecule has 1 fully saturated rings. The van der Waals surface area contributed by atoms with Crippen molar-refractivity contribution >= 4 is 5.91 Å². The van der Waals surface area contributed by atoms with Crippen molar-refractivity contribution in [2.75, 3.05) is 6.67 Å². The Morgan fingerprint density at radius 1 is 1.50 bits per heavy atom. The monoisotopic (exact) mass is 198 g/mol. The van der Waals surface area contributed by atoms with Gasteiger partial charge in [-0.05, 0) is 19.3 Å². The first-order valence-electron chi connectivity index (χ1n) is 5.61. The van der Waals surface area contributed by atoms with Gasteiger partial charge in [0, 0.05) is 6.04 Å². The molecule has 1 aliphatic heterocycles. The van der Waals surface area contributed by atoms with E-state index in [0.29, 0.717) is 12.0 Å². The number of carbonyl (C=O) groups excluding carboxylic acids is 1. The van der Waals surface area contributed by atoms with E-state index < -0.39 is 0 Å². The Labute approximate surface area is 86.9 Å². The molecule has 1 N–H and O–H groups in total. The van der Waals surface area contributed by atoms with Crippen molar-refractivity contribution in [3.05, 3.63) is 0 Å². The zero-order chi connectivity index (χ0) is 10.7. The number of nitrogens with one attached hydrogen (secondary N) is 1. The standard InChI is InChI=1S/C11H22N2O/c1-5-6-9(4)13-7-12-10(8(2)3)11(13)14/h8-10,12H,5-7H2,1-4H3. The van der Waals surface area contributed by atoms with Crippen molar-refractivity contribution < 1.29 is 4.79 Å². The highest BCUT2D eigenvalue weighted by atomic mass is 16.2. The Hall–Kier alpha value is -0.570. The summed E-state index contributed by atoms with van der Waals surface area (Å²) in [4.78, 5) is 13.9. The largest absolute Gasteiger partial charge is 0.326 e. The Balaban J connectivity index is 2.55. The van der Waals surface area contributed by atoms with Gasteiger partial charge in [-0.3, -0.25) is 10.1 Å². The van der Waals surface area contributed by atoms with Crippen LogP contribution in [0.15, 0.2) is 0 Å². The maximum atomic E-state index is 11.9. The first-order valence-corrected chi connectivity index (χ1v) is 5.61. The van der Waals surface area contributed by atoms with Gasteiger partial charge in [-0.25, -0.2) is 0 Å². The van der Waals surface area contributed by atoms with E-state index in [9.17, 15) is 4.79 Å². The molecule has 0 bridgehead atoms. The molecule has 0 spiro atoms. The molecule has 82 valence electrons. The van der Waals surface area contributed by atoms with Crippen LogP contribution in [0.3, 0.4) is 0 Å². The predicted octanol–water partition coefficient (Wildman–Crippen LogP) is 1.59. The molecule has 0 radical (unpaired) electrons. The lowest BCUT2D eigenvalue weighted by molar-refractivity contribution is -0.131. The van der Waals surface area contributed by atoms with E-state index in [1.165, 1.54) is 0 Å². The van der Waals surface area contributed by atoms with Gasteiger partial charge >= 0.3 is 0 Å². The Morgan fingerprint density at radius 2 is 2.14 bits per heavy atom. The van der Waals surface area contributed by atoms with Crippen molar-refractivity contribution in [3.8, 4) is 0 Å². The third kappa shape index (κ3) is 2.27. The first-order chi connectivity index (χ1) is 6.57. The second-order valence-electron chi connectivity index (χ2n) is 4.53. The number of rotatable bonds is 4. The van der Waals surface area contributed by atoms with Crippen molar-refractivity contribution in [2.45, 2.75) is 52.6 Å². The fourth-order valence-electron chi connectivity index (χ4n) is 2.01. The lowest BCUT2D eigenvalue weighted by atomic mass is 10.0. The van der Waals surface area contributed by atoms with E-state index in [-0.39, 0.29) is 11.9 Å². The SMILES string of the molecule is CCCC(C)N1CNC(C(C)C)C1=O. The molecule has 2 atom stereocenters. The lowest BCUT2D eigenvalue weighted by Crippen LogP contribution is -2.38. The molecule has 1 saturated heterocycles. The predicted molar refractivity (Wildman–Crippen MR) is 57.8 cm³/mol. The molecule has 1 heterocycles. The topological polar surface area (TPSA) is 32.3 Å². The summed E-state index contributed by atoms with van der Waals surface area (Å²) in [7, 11) is 0. The van der Waals surface area contributed by atoms with Gasteiger partial charge in [-0.1, -0.05) is 27.2 Å². The number of hydrogen-bond acceptors (Lipinski definition) is 2. The van der Waals surface area contributed by atoms with Crippen LogP contribution >= 0.6 is 0 Å². The third-order valence-corrected chi connectivity index (χ3v) is 2.94. The van der Waals surface area contributed by atoms with Gasteiger partial charge in [0.1, 0.15) is 0 Å². The van der Waals surface area contributed by atoms with Crippen LogP contribution in [-0.4, -0.2) is 29.6 Å². The van der Waals surface area contributed by atoms with Crippen LogP contribution < -0.4 is 5.32 Å². The minimum absolute atomic E-state index is 0.0364. The van der Waals surface area contributed by atoms with Crippen LogP contribution in [0, 0.1) is 5.92 Å². The Bertz CT molecular complexity index is 203. The maximum Gasteiger partial charge on any atom is 0.241 e. The Morgan fingerprint density at radius 3 is 2.57 bits per heavy atom. The van der Waals surface area contributed by atoms with E-state index in [0.717, 1.165) is 19.5 Å². The van der Waals surface area contributed by atoms with Gasteiger partial charge < -0.3 is 4.90 Å². The third-order valence-electron chi connectivity index (χ3n) is 2.94. The summed E-state index contributed by atoms with van der Waals surface area (Å²) in [5, 5.41) is 3.27. The van der Waals surface area contributed by atoms with Crippen LogP contribution in [-0.2, 0) is 4.79 Å². The van der Waals surface area contributed by atoms with Crippen LogP contribution in [0.5, 0.6) is 0 Å². The highest BCUT2D eigenvalue weighted by Crippen LogP contribution is 2.16. The summed E-state index contributed by atoms with van der Waals surface area (Å²) in [5.74, 6) is 0.669. The molecule has 0 aromatic heterocycles. The second-order valence-corrected chi connectivity index (χ2v) is 4.53. The highest BCUT2D eigenvalue weighted by molar-refractivity contribution is 5.84. The summed E-state index contributed by atoms with van der Waals surface area (Å²) < 4.78 is 0. The van der Waals surface area contributed by atoms with Gasteiger partial charge in [0.05, 0.1) is 12.7 Å². The molecule has 0 aliphatic carbocycles. The first kappa shape index (κ1) is 11.5. The molecular formula is C11H22N2O. The van der Waals surface area contributed by atoms with Crippen molar-refractivity contribution in [3.63, 3.8) is 0 Å². The lowest BCUT2D eigenvalue weighted by Gasteiger charge is -2.23. The Kier molecular flexibility index (Phi) is 3.93. The molecule has 3 heteroatoms. The van der Waals surface area contributed by atoms with Crippen molar-refractivity contribution in [1.29, 1.82) is 0 Å². The highest BCUT2D eigenvalue weighted by Gasteiger charge is 2.34. The van der Waals surface area contributed by atoms with Crippen molar-refractivity contribution in [1.82, 2.24) is 10.2 Å². The number of hydrogen-bond donors (Lipinski definition) is 1. The van der Waals surface area contributed by atoms with E-state index >= 15 is 0 Å². The summed E-state index contributed by atoms with van der Waals surface area (Å²) in [6.07, 6.45) is 2.23. The number of amides is 1. The normalized spacial score (nSPS) is 24.8. The van der Waals surface area contributed by atoms with E-state index in [1.54, 1.807) is 0 Å². The minimum Gasteiger partial charge on any atom is -0.326 e. The number of carbonyl (C=O) groups is 1.